The van der Waals surface area contributed by atoms with Crippen molar-refractivity contribution in [3.8, 4) is 0 Å². The predicted octanol–water partition coefficient (Wildman–Crippen LogP) is 13.1. The number of carbonyl (C=O) groups is 1. The van der Waals surface area contributed by atoms with Crippen molar-refractivity contribution in [1.29, 1.82) is 0 Å². The van der Waals surface area contributed by atoms with Gasteiger partial charge in [0.05, 0.1) is 30.1 Å². The number of benzene rings is 1. The Morgan fingerprint density at radius 1 is 1.06 bits per heavy atom. The van der Waals surface area contributed by atoms with Gasteiger partial charge in [-0.2, -0.15) is 12.6 Å². The lowest BCUT2D eigenvalue weighted by molar-refractivity contribution is -0.120. The van der Waals surface area contributed by atoms with Gasteiger partial charge in [-0.15, -0.1) is 0 Å². The molecule has 4 rings (SSSR count). The average molecular weight is 904 g/mol. The Labute approximate surface area is 395 Å². The molecule has 7 nitrogen and oxygen atoms in total. The van der Waals surface area contributed by atoms with E-state index in [0.717, 1.165) is 49.7 Å². The number of aryl methyl sites for hydroxylation is 1. The van der Waals surface area contributed by atoms with Crippen molar-refractivity contribution in [3.05, 3.63) is 119 Å². The summed E-state index contributed by atoms with van der Waals surface area (Å²) in [5.74, 6) is 1.60. The molecule has 0 bridgehead atoms. The largest absolute Gasteiger partial charge is 0.512 e. The van der Waals surface area contributed by atoms with Gasteiger partial charge in [0.1, 0.15) is 18.3 Å². The highest BCUT2D eigenvalue weighted by atomic mass is 32.1. The molecule has 1 aromatic carbocycles. The molecule has 7 unspecified atom stereocenters. The fourth-order valence-electron chi connectivity index (χ4n) is 9.53. The number of allylic oxidation sites excluding steroid dienone is 6. The topological polar surface area (TPSA) is 111 Å². The maximum Gasteiger partial charge on any atom is 0.155 e. The fourth-order valence-corrected chi connectivity index (χ4v) is 9.77. The van der Waals surface area contributed by atoms with Crippen molar-refractivity contribution in [2.24, 2.45) is 40.7 Å². The first-order chi connectivity index (χ1) is 30.2. The summed E-state index contributed by atoms with van der Waals surface area (Å²) in [6.07, 6.45) is 22.3. The summed E-state index contributed by atoms with van der Waals surface area (Å²) in [6, 6.07) is 9.12. The van der Waals surface area contributed by atoms with Gasteiger partial charge in [0, 0.05) is 36.7 Å². The van der Waals surface area contributed by atoms with Crippen molar-refractivity contribution in [2.45, 2.75) is 163 Å². The molecule has 1 aromatic rings. The smallest absolute Gasteiger partial charge is 0.155 e. The number of Topliss-reactive ketones (excluding diaryl/α,β-unsaturated/α-hetero) is 1. The molecular weight excluding hydrogens is 815 g/mol. The van der Waals surface area contributed by atoms with Crippen molar-refractivity contribution < 1.29 is 29.2 Å². The first-order valence-corrected chi connectivity index (χ1v) is 24.6. The van der Waals surface area contributed by atoms with Crippen LogP contribution in [0, 0.1) is 41.9 Å². The Hall–Kier alpha value is -3.14. The van der Waals surface area contributed by atoms with E-state index in [1.54, 1.807) is 0 Å². The van der Waals surface area contributed by atoms with E-state index in [2.05, 4.69) is 108 Å². The zero-order valence-corrected chi connectivity index (χ0v) is 43.1. The maximum absolute atomic E-state index is 12.4. The quantitative estimate of drug-likeness (QED) is 0.0552. The Morgan fingerprint density at radius 2 is 1.69 bits per heavy atom. The number of carbonyl (C=O) groups excluding carboxylic acids is 1. The zero-order chi connectivity index (χ0) is 48.4. The summed E-state index contributed by atoms with van der Waals surface area (Å²) in [5, 5.41) is 23.3. The van der Waals surface area contributed by atoms with Gasteiger partial charge in [0.15, 0.2) is 5.78 Å². The van der Waals surface area contributed by atoms with Crippen molar-refractivity contribution in [3.63, 3.8) is 0 Å². The van der Waals surface area contributed by atoms with Crippen LogP contribution in [-0.4, -0.2) is 65.9 Å². The number of hydrogen-bond acceptors (Lipinski definition) is 8. The molecule has 2 fully saturated rings. The Kier molecular flexibility index (Phi) is 23.9. The third kappa shape index (κ3) is 14.7. The number of ketones is 1. The lowest BCUT2D eigenvalue weighted by atomic mass is 9.59. The van der Waals surface area contributed by atoms with Crippen LogP contribution in [0.4, 0.5) is 0 Å². The lowest BCUT2D eigenvalue weighted by Gasteiger charge is -2.49. The number of nitrogens with two attached hydrogens (primary N) is 1. The van der Waals surface area contributed by atoms with E-state index in [9.17, 15) is 15.0 Å². The molecule has 3 aliphatic rings. The summed E-state index contributed by atoms with van der Waals surface area (Å²) in [5.41, 5.74) is 10.7. The minimum Gasteiger partial charge on any atom is -0.512 e. The molecule has 0 amide bonds. The van der Waals surface area contributed by atoms with Gasteiger partial charge in [-0.3, -0.25) is 4.79 Å². The maximum atomic E-state index is 12.4. The number of thiol groups is 1. The van der Waals surface area contributed by atoms with Crippen LogP contribution < -0.4 is 5.73 Å². The first-order valence-electron chi connectivity index (χ1n) is 24.1. The van der Waals surface area contributed by atoms with Gasteiger partial charge in [0.25, 0.3) is 0 Å². The SMILES string of the molecule is C=C(CC(/C(C)=C/CC(CC(S)CN)O/C=C/CC(C)C(C)C)C(C)/C=C/C=C1\CO[C@@H]2C(C)C(C)=CC(C)(C(=C)O)[C@]12O)C1(c2ccc(C)cc2)CCCC1.CC.COCC(C)=O. The molecule has 1 saturated heterocycles. The van der Waals surface area contributed by atoms with Crippen LogP contribution in [0.2, 0.25) is 0 Å². The first kappa shape index (κ1) is 57.0. The molecule has 360 valence electrons. The van der Waals surface area contributed by atoms with Gasteiger partial charge in [-0.05, 0) is 108 Å². The molecule has 2 aliphatic carbocycles. The summed E-state index contributed by atoms with van der Waals surface area (Å²) in [4.78, 5) is 9.92. The summed E-state index contributed by atoms with van der Waals surface area (Å²) in [7, 11) is 1.50. The Balaban J connectivity index is 0.00000162. The van der Waals surface area contributed by atoms with Gasteiger partial charge in [0.2, 0.25) is 0 Å². The molecule has 9 atom stereocenters. The highest BCUT2D eigenvalue weighted by Gasteiger charge is 2.62. The highest BCUT2D eigenvalue weighted by Crippen LogP contribution is 2.55. The van der Waals surface area contributed by atoms with Crippen LogP contribution in [0.1, 0.15) is 139 Å². The number of fused-ring (bicyclic) bond motifs is 1. The van der Waals surface area contributed by atoms with Gasteiger partial charge < -0.3 is 30.2 Å². The second kappa shape index (κ2) is 26.9. The predicted molar refractivity (Wildman–Crippen MR) is 274 cm³/mol. The second-order valence-corrected chi connectivity index (χ2v) is 20.1. The van der Waals surface area contributed by atoms with Crippen LogP contribution in [-0.2, 0) is 24.4 Å². The van der Waals surface area contributed by atoms with E-state index in [1.165, 1.54) is 49.1 Å². The Morgan fingerprint density at radius 3 is 2.22 bits per heavy atom. The molecule has 0 radical (unpaired) electrons. The molecule has 1 heterocycles. The minimum absolute atomic E-state index is 0.00965. The van der Waals surface area contributed by atoms with Gasteiger partial charge >= 0.3 is 0 Å². The molecule has 64 heavy (non-hydrogen) atoms. The third-order valence-electron chi connectivity index (χ3n) is 14.4. The van der Waals surface area contributed by atoms with E-state index in [0.29, 0.717) is 25.0 Å². The number of aliphatic hydroxyl groups excluding tert-OH is 1. The molecule has 1 aliphatic heterocycles. The van der Waals surface area contributed by atoms with Crippen molar-refractivity contribution in [1.82, 2.24) is 0 Å². The van der Waals surface area contributed by atoms with Crippen LogP contribution in [0.25, 0.3) is 0 Å². The number of rotatable bonds is 21. The number of ether oxygens (including phenoxy) is 3. The number of hydrogen-bond donors (Lipinski definition) is 4. The normalized spacial score (nSPS) is 26.0. The summed E-state index contributed by atoms with van der Waals surface area (Å²) < 4.78 is 17.1. The monoisotopic (exact) mass is 904 g/mol. The molecule has 1 saturated carbocycles. The van der Waals surface area contributed by atoms with Crippen LogP contribution in [0.3, 0.4) is 0 Å². The van der Waals surface area contributed by atoms with E-state index in [4.69, 9.17) is 34.4 Å². The molecule has 0 aromatic heterocycles. The van der Waals surface area contributed by atoms with Crippen LogP contribution >= 0.6 is 12.6 Å². The standard InChI is InChI=1S/C50H75NO4S.C4H8O2.C2H6/c1-33(2)35(4)17-15-27-54-44(29-45(56)31-51)24-21-37(6)46(28-39(8)49(25-12-13-26-49)42-22-19-34(3)20-23-42)36(5)16-14-18-43-32-55-47-40(9)38(7)30-48(11,41(10)52)50(43,47)53;1-4(5)3-6-2;1-2/h14-16,18-23,27,30,33,35-36,40,44-47,52-53,56H,8,10,12-13,17,24-26,28-29,31-32,51H2,1-7,9,11H3;3H2,1-2H3;1-2H3/b16-14+,27-15+,37-21+,43-18+;;/t35?,36?,40?,44?,45?,46?,47-,48?,50+;;/m1../s1. The lowest BCUT2D eigenvalue weighted by Crippen LogP contribution is -2.58. The van der Waals surface area contributed by atoms with Gasteiger partial charge in [-0.1, -0.05) is 151 Å². The van der Waals surface area contributed by atoms with E-state index >= 15 is 0 Å². The summed E-state index contributed by atoms with van der Waals surface area (Å²) in [6.45, 7) is 34.8. The fraction of sp³-hybridized carbons (Fsp3) is 0.625. The van der Waals surface area contributed by atoms with Gasteiger partial charge in [-0.25, -0.2) is 0 Å². The van der Waals surface area contributed by atoms with Crippen LogP contribution in [0.5, 0.6) is 0 Å². The van der Waals surface area contributed by atoms with Crippen molar-refractivity contribution >= 4 is 18.4 Å². The molecule has 8 heteroatoms. The van der Waals surface area contributed by atoms with E-state index in [-0.39, 0.29) is 52.7 Å². The Bertz CT molecular complexity index is 1780. The van der Waals surface area contributed by atoms with Crippen molar-refractivity contribution in [2.75, 3.05) is 26.9 Å². The molecule has 0 spiro atoms. The highest BCUT2D eigenvalue weighted by molar-refractivity contribution is 7.81. The zero-order valence-electron chi connectivity index (χ0n) is 42.2. The van der Waals surface area contributed by atoms with E-state index < -0.39 is 17.1 Å². The van der Waals surface area contributed by atoms with E-state index in [1.807, 2.05) is 46.1 Å². The number of aliphatic hydroxyl groups is 2. The second-order valence-electron chi connectivity index (χ2n) is 19.4. The molecular formula is C56H89NO6S. The average Bonchev–Trinajstić information content (AvgIpc) is 3.90. The number of methoxy groups -OCH3 is 1. The third-order valence-corrected chi connectivity index (χ3v) is 14.8. The summed E-state index contributed by atoms with van der Waals surface area (Å²) >= 11 is 4.75. The molecule has 4 N–H and O–H groups in total. The minimum atomic E-state index is -1.40. The van der Waals surface area contributed by atoms with Crippen LogP contribution in [0.15, 0.2) is 108 Å².